The van der Waals surface area contributed by atoms with Gasteiger partial charge in [-0.25, -0.2) is 9.97 Å². The van der Waals surface area contributed by atoms with E-state index in [1.165, 1.54) is 18.2 Å². The van der Waals surface area contributed by atoms with Gasteiger partial charge in [-0.15, -0.1) is 0 Å². The van der Waals surface area contributed by atoms with Crippen LogP contribution in [0.5, 0.6) is 0 Å². The van der Waals surface area contributed by atoms with Crippen molar-refractivity contribution in [1.29, 1.82) is 0 Å². The molecule has 0 amide bonds. The summed E-state index contributed by atoms with van der Waals surface area (Å²) in [6.45, 7) is 0. The van der Waals surface area contributed by atoms with E-state index in [0.29, 0.717) is 0 Å². The fourth-order valence-electron chi connectivity index (χ4n) is 1.46. The summed E-state index contributed by atoms with van der Waals surface area (Å²) >= 11 is 0.917. The van der Waals surface area contributed by atoms with Crippen molar-refractivity contribution >= 4 is 29.1 Å². The molecular formula is C11H10F3N5S. The smallest absolute Gasteiger partial charge is 0.398 e. The van der Waals surface area contributed by atoms with Crippen molar-refractivity contribution in [3.05, 3.63) is 29.8 Å². The SMILES string of the molecule is Nc1cc(N)nc(Sc2ccc(N)c(C(F)(F)F)c2)n1. The molecule has 106 valence electrons. The molecule has 0 saturated carbocycles. The van der Waals surface area contributed by atoms with E-state index in [4.69, 9.17) is 17.2 Å². The summed E-state index contributed by atoms with van der Waals surface area (Å²) in [5.41, 5.74) is 15.1. The third kappa shape index (κ3) is 3.23. The Balaban J connectivity index is 2.35. The lowest BCUT2D eigenvalue weighted by Gasteiger charge is -2.11. The summed E-state index contributed by atoms with van der Waals surface area (Å²) < 4.78 is 38.2. The van der Waals surface area contributed by atoms with E-state index in [2.05, 4.69) is 9.97 Å². The third-order valence-corrected chi connectivity index (χ3v) is 3.14. The van der Waals surface area contributed by atoms with Gasteiger partial charge in [0, 0.05) is 16.6 Å². The van der Waals surface area contributed by atoms with E-state index in [-0.39, 0.29) is 27.4 Å². The summed E-state index contributed by atoms with van der Waals surface area (Å²) in [4.78, 5) is 8.05. The molecule has 1 aromatic carbocycles. The Morgan fingerprint density at radius 2 is 1.55 bits per heavy atom. The highest BCUT2D eigenvalue weighted by atomic mass is 32.2. The molecule has 2 aromatic rings. The zero-order valence-electron chi connectivity index (χ0n) is 9.98. The van der Waals surface area contributed by atoms with Crippen molar-refractivity contribution in [3.63, 3.8) is 0 Å². The van der Waals surface area contributed by atoms with Crippen LogP contribution in [0, 0.1) is 0 Å². The lowest BCUT2D eigenvalue weighted by atomic mass is 10.2. The van der Waals surface area contributed by atoms with Gasteiger partial charge in [-0.1, -0.05) is 0 Å². The summed E-state index contributed by atoms with van der Waals surface area (Å²) in [7, 11) is 0. The molecule has 5 nitrogen and oxygen atoms in total. The second-order valence-corrected chi connectivity index (χ2v) is 4.89. The molecule has 1 heterocycles. The van der Waals surface area contributed by atoms with Gasteiger partial charge in [0.05, 0.1) is 5.56 Å². The van der Waals surface area contributed by atoms with Crippen LogP contribution in [0.2, 0.25) is 0 Å². The molecule has 0 saturated heterocycles. The average Bonchev–Trinajstić information content (AvgIpc) is 2.29. The number of rotatable bonds is 2. The predicted molar refractivity (Wildman–Crippen MR) is 70.8 cm³/mol. The maximum atomic E-state index is 12.7. The lowest BCUT2D eigenvalue weighted by Crippen LogP contribution is -2.08. The van der Waals surface area contributed by atoms with Crippen molar-refractivity contribution in [2.45, 2.75) is 16.2 Å². The number of anilines is 3. The largest absolute Gasteiger partial charge is 0.418 e. The monoisotopic (exact) mass is 301 g/mol. The molecule has 20 heavy (non-hydrogen) atoms. The average molecular weight is 301 g/mol. The normalized spacial score (nSPS) is 11.6. The Morgan fingerprint density at radius 1 is 0.950 bits per heavy atom. The molecule has 0 unspecified atom stereocenters. The highest BCUT2D eigenvalue weighted by Gasteiger charge is 2.33. The third-order valence-electron chi connectivity index (χ3n) is 2.28. The van der Waals surface area contributed by atoms with Gasteiger partial charge < -0.3 is 17.2 Å². The second-order valence-electron chi connectivity index (χ2n) is 3.85. The van der Waals surface area contributed by atoms with Gasteiger partial charge in [0.1, 0.15) is 11.6 Å². The number of hydrogen-bond donors (Lipinski definition) is 3. The summed E-state index contributed by atoms with van der Waals surface area (Å²) in [5, 5.41) is 0.167. The van der Waals surface area contributed by atoms with Gasteiger partial charge in [-0.2, -0.15) is 13.2 Å². The van der Waals surface area contributed by atoms with Gasteiger partial charge in [0.2, 0.25) is 0 Å². The van der Waals surface area contributed by atoms with Crippen molar-refractivity contribution in [1.82, 2.24) is 9.97 Å². The second kappa shape index (κ2) is 5.08. The summed E-state index contributed by atoms with van der Waals surface area (Å²) in [6.07, 6.45) is -4.52. The molecule has 0 fully saturated rings. The number of benzene rings is 1. The standard InChI is InChI=1S/C11H10F3N5S/c12-11(13,14)6-3-5(1-2-7(6)15)20-10-18-8(16)4-9(17)19-10/h1-4H,15H2,(H4,16,17,18,19). The first kappa shape index (κ1) is 14.3. The maximum absolute atomic E-state index is 12.7. The molecule has 0 aliphatic carbocycles. The van der Waals surface area contributed by atoms with Crippen molar-refractivity contribution in [2.75, 3.05) is 17.2 Å². The predicted octanol–water partition coefficient (Wildman–Crippen LogP) is 2.39. The lowest BCUT2D eigenvalue weighted by molar-refractivity contribution is -0.137. The van der Waals surface area contributed by atoms with Crippen LogP contribution in [0.15, 0.2) is 34.3 Å². The Labute approximate surface area is 116 Å². The number of alkyl halides is 3. The molecule has 2 rings (SSSR count). The minimum atomic E-state index is -4.52. The van der Waals surface area contributed by atoms with Crippen LogP contribution in [-0.2, 0) is 6.18 Å². The zero-order valence-corrected chi connectivity index (χ0v) is 10.8. The first-order valence-corrected chi connectivity index (χ1v) is 6.12. The Bertz CT molecular complexity index is 624. The van der Waals surface area contributed by atoms with Crippen LogP contribution in [0.3, 0.4) is 0 Å². The Kier molecular flexibility index (Phi) is 3.62. The van der Waals surface area contributed by atoms with E-state index in [0.717, 1.165) is 17.8 Å². The van der Waals surface area contributed by atoms with Crippen LogP contribution in [-0.4, -0.2) is 9.97 Å². The van der Waals surface area contributed by atoms with Gasteiger partial charge in [0.15, 0.2) is 5.16 Å². The van der Waals surface area contributed by atoms with Crippen LogP contribution < -0.4 is 17.2 Å². The Hall–Kier alpha value is -2.16. The molecule has 0 radical (unpaired) electrons. The number of nitrogens with two attached hydrogens (primary N) is 3. The van der Waals surface area contributed by atoms with Gasteiger partial charge in [-0.05, 0) is 30.0 Å². The van der Waals surface area contributed by atoms with E-state index < -0.39 is 11.7 Å². The van der Waals surface area contributed by atoms with E-state index in [1.807, 2.05) is 0 Å². The number of halogens is 3. The molecule has 0 bridgehead atoms. The van der Waals surface area contributed by atoms with E-state index in [9.17, 15) is 13.2 Å². The molecule has 1 aromatic heterocycles. The van der Waals surface area contributed by atoms with E-state index >= 15 is 0 Å². The topological polar surface area (TPSA) is 104 Å². The fourth-order valence-corrected chi connectivity index (χ4v) is 2.28. The summed E-state index contributed by atoms with van der Waals surface area (Å²) in [6, 6.07) is 4.91. The van der Waals surface area contributed by atoms with Crippen molar-refractivity contribution in [3.8, 4) is 0 Å². The molecule has 0 aliphatic rings. The first-order valence-electron chi connectivity index (χ1n) is 5.30. The van der Waals surface area contributed by atoms with Gasteiger partial charge in [-0.3, -0.25) is 0 Å². The van der Waals surface area contributed by atoms with Crippen LogP contribution in [0.4, 0.5) is 30.5 Å². The van der Waals surface area contributed by atoms with Crippen LogP contribution >= 0.6 is 11.8 Å². The zero-order chi connectivity index (χ0) is 14.9. The maximum Gasteiger partial charge on any atom is 0.418 e. The van der Waals surface area contributed by atoms with Gasteiger partial charge in [0.25, 0.3) is 0 Å². The number of aromatic nitrogens is 2. The minimum Gasteiger partial charge on any atom is -0.398 e. The molecule has 9 heteroatoms. The molecule has 6 N–H and O–H groups in total. The summed E-state index contributed by atoms with van der Waals surface area (Å²) in [5.74, 6) is 0.290. The minimum absolute atomic E-state index is 0.145. The van der Waals surface area contributed by atoms with Crippen molar-refractivity contribution in [2.24, 2.45) is 0 Å². The quantitative estimate of drug-likeness (QED) is 0.581. The molecule has 0 aliphatic heterocycles. The molecule has 0 atom stereocenters. The molecule has 0 spiro atoms. The fraction of sp³-hybridized carbons (Fsp3) is 0.0909. The van der Waals surface area contributed by atoms with Gasteiger partial charge >= 0.3 is 6.18 Å². The number of hydrogen-bond acceptors (Lipinski definition) is 6. The highest BCUT2D eigenvalue weighted by molar-refractivity contribution is 7.99. The highest BCUT2D eigenvalue weighted by Crippen LogP contribution is 2.37. The van der Waals surface area contributed by atoms with Crippen LogP contribution in [0.25, 0.3) is 0 Å². The van der Waals surface area contributed by atoms with E-state index in [1.54, 1.807) is 0 Å². The number of nitrogen functional groups attached to an aromatic ring is 3. The number of nitrogens with zero attached hydrogens (tertiary/aromatic N) is 2. The first-order chi connectivity index (χ1) is 9.25. The Morgan fingerprint density at radius 3 is 2.10 bits per heavy atom. The van der Waals surface area contributed by atoms with Crippen molar-refractivity contribution < 1.29 is 13.2 Å². The van der Waals surface area contributed by atoms with Crippen LogP contribution in [0.1, 0.15) is 5.56 Å². The molecular weight excluding hydrogens is 291 g/mol.